The summed E-state index contributed by atoms with van der Waals surface area (Å²) < 4.78 is 8.90. The van der Waals surface area contributed by atoms with Crippen LogP contribution in [0.2, 0.25) is 0 Å². The van der Waals surface area contributed by atoms with Crippen LogP contribution in [0.25, 0.3) is 106 Å². The summed E-state index contributed by atoms with van der Waals surface area (Å²) in [4.78, 5) is 15.4. The van der Waals surface area contributed by atoms with Crippen LogP contribution in [-0.2, 0) is 0 Å². The summed E-state index contributed by atoms with van der Waals surface area (Å²) in [5.41, 5.74) is 12.3. The first-order valence-electron chi connectivity index (χ1n) is 18.8. The van der Waals surface area contributed by atoms with E-state index in [-0.39, 0.29) is 0 Å². The van der Waals surface area contributed by atoms with Crippen molar-refractivity contribution in [3.63, 3.8) is 0 Å². The Hall–Kier alpha value is -7.63. The summed E-state index contributed by atoms with van der Waals surface area (Å²) in [5.74, 6) is 1.83. The molecule has 3 heterocycles. The van der Waals surface area contributed by atoms with E-state index in [9.17, 15) is 0 Å². The maximum atomic E-state index is 6.58. The van der Waals surface area contributed by atoms with Crippen molar-refractivity contribution in [2.75, 3.05) is 0 Å². The van der Waals surface area contributed by atoms with Gasteiger partial charge in [0.15, 0.2) is 17.5 Å². The van der Waals surface area contributed by atoms with Crippen LogP contribution >= 0.6 is 0 Å². The fourth-order valence-electron chi connectivity index (χ4n) is 7.99. The van der Waals surface area contributed by atoms with Gasteiger partial charge < -0.3 is 8.98 Å². The third kappa shape index (κ3) is 5.29. The van der Waals surface area contributed by atoms with E-state index >= 15 is 0 Å². The van der Waals surface area contributed by atoms with Crippen molar-refractivity contribution in [2.24, 2.45) is 0 Å². The topological polar surface area (TPSA) is 56.7 Å². The number of benzene rings is 8. The minimum Gasteiger partial charge on any atom is -0.455 e. The van der Waals surface area contributed by atoms with Gasteiger partial charge in [0, 0.05) is 32.8 Å². The average molecular weight is 717 g/mol. The highest BCUT2D eigenvalue weighted by Crippen LogP contribution is 2.42. The number of hydrogen-bond donors (Lipinski definition) is 0. The fraction of sp³-hybridized carbons (Fsp3) is 0. The summed E-state index contributed by atoms with van der Waals surface area (Å²) in [5, 5.41) is 4.43. The van der Waals surface area contributed by atoms with Gasteiger partial charge in [-0.3, -0.25) is 0 Å². The van der Waals surface area contributed by atoms with Crippen LogP contribution in [0.1, 0.15) is 0 Å². The lowest BCUT2D eigenvalue weighted by atomic mass is 9.99. The van der Waals surface area contributed by atoms with E-state index in [4.69, 9.17) is 19.4 Å². The number of rotatable bonds is 6. The molecule has 0 amide bonds. The Balaban J connectivity index is 1.06. The molecule has 0 radical (unpaired) electrons. The number of aromatic nitrogens is 4. The van der Waals surface area contributed by atoms with Gasteiger partial charge in [-0.25, -0.2) is 15.0 Å². The van der Waals surface area contributed by atoms with Crippen molar-refractivity contribution in [1.29, 1.82) is 0 Å². The summed E-state index contributed by atoms with van der Waals surface area (Å²) in [6, 6.07) is 67.3. The van der Waals surface area contributed by atoms with Crippen LogP contribution in [-0.4, -0.2) is 19.5 Å². The van der Waals surface area contributed by atoms with E-state index in [2.05, 4.69) is 144 Å². The molecular weight excluding hydrogens is 685 g/mol. The van der Waals surface area contributed by atoms with Crippen LogP contribution in [0.15, 0.2) is 199 Å². The molecule has 0 unspecified atom stereocenters. The van der Waals surface area contributed by atoms with Gasteiger partial charge >= 0.3 is 0 Å². The van der Waals surface area contributed by atoms with Gasteiger partial charge in [-0.15, -0.1) is 0 Å². The van der Waals surface area contributed by atoms with Gasteiger partial charge in [-0.2, -0.15) is 0 Å². The van der Waals surface area contributed by atoms with Gasteiger partial charge in [-0.05, 0) is 58.7 Å². The molecule has 262 valence electrons. The summed E-state index contributed by atoms with van der Waals surface area (Å²) in [6.45, 7) is 0. The van der Waals surface area contributed by atoms with Crippen molar-refractivity contribution in [3.05, 3.63) is 194 Å². The van der Waals surface area contributed by atoms with Gasteiger partial charge in [0.2, 0.25) is 0 Å². The molecule has 0 atom stereocenters. The SMILES string of the molecule is c1ccc(-c2ccc(-c3ccc(-c4nc(-c5ccccc5)nc(-c5ccccc5-n5c6ccccc6c6c7oc8ccccc8c7ccc65)n4)cc3)cc2)cc1. The molecule has 5 heteroatoms. The third-order valence-electron chi connectivity index (χ3n) is 10.7. The second-order valence-corrected chi connectivity index (χ2v) is 14.0. The van der Waals surface area contributed by atoms with Crippen molar-refractivity contribution in [1.82, 2.24) is 19.5 Å². The molecule has 0 bridgehead atoms. The van der Waals surface area contributed by atoms with Gasteiger partial charge in [0.05, 0.1) is 22.1 Å². The van der Waals surface area contributed by atoms with Crippen LogP contribution in [0.3, 0.4) is 0 Å². The Morgan fingerprint density at radius 2 is 0.839 bits per heavy atom. The van der Waals surface area contributed by atoms with E-state index in [0.717, 1.165) is 77.2 Å². The first kappa shape index (κ1) is 31.9. The molecule has 0 N–H and O–H groups in total. The summed E-state index contributed by atoms with van der Waals surface area (Å²) in [6.07, 6.45) is 0. The van der Waals surface area contributed by atoms with Crippen molar-refractivity contribution in [3.8, 4) is 62.1 Å². The lowest BCUT2D eigenvalue weighted by Gasteiger charge is -2.14. The molecule has 3 aromatic heterocycles. The zero-order chi connectivity index (χ0) is 37.0. The molecule has 8 aromatic carbocycles. The van der Waals surface area contributed by atoms with Gasteiger partial charge in [0.1, 0.15) is 11.2 Å². The molecule has 56 heavy (non-hydrogen) atoms. The first-order chi connectivity index (χ1) is 27.8. The van der Waals surface area contributed by atoms with E-state index < -0.39 is 0 Å². The molecule has 5 nitrogen and oxygen atoms in total. The average Bonchev–Trinajstić information content (AvgIpc) is 3.83. The van der Waals surface area contributed by atoms with Gasteiger partial charge in [0.25, 0.3) is 0 Å². The number of furan rings is 1. The fourth-order valence-corrected chi connectivity index (χ4v) is 7.99. The Morgan fingerprint density at radius 1 is 0.339 bits per heavy atom. The largest absolute Gasteiger partial charge is 0.455 e. The van der Waals surface area contributed by atoms with Crippen molar-refractivity contribution >= 4 is 43.7 Å². The van der Waals surface area contributed by atoms with E-state index in [0.29, 0.717) is 17.5 Å². The predicted octanol–water partition coefficient (Wildman–Crippen LogP) is 13.2. The van der Waals surface area contributed by atoms with E-state index in [1.54, 1.807) is 0 Å². The van der Waals surface area contributed by atoms with Crippen LogP contribution in [0.5, 0.6) is 0 Å². The maximum absolute atomic E-state index is 6.58. The number of fused-ring (bicyclic) bond motifs is 7. The van der Waals surface area contributed by atoms with Crippen molar-refractivity contribution < 1.29 is 4.42 Å². The number of para-hydroxylation sites is 3. The first-order valence-corrected chi connectivity index (χ1v) is 18.8. The summed E-state index contributed by atoms with van der Waals surface area (Å²) >= 11 is 0. The minimum absolute atomic E-state index is 0.598. The Kier molecular flexibility index (Phi) is 7.42. The van der Waals surface area contributed by atoms with Crippen LogP contribution in [0, 0.1) is 0 Å². The molecular formula is C51H32N4O. The molecule has 0 saturated heterocycles. The zero-order valence-corrected chi connectivity index (χ0v) is 30.2. The number of nitrogens with zero attached hydrogens (tertiary/aromatic N) is 4. The molecule has 11 rings (SSSR count). The molecule has 0 spiro atoms. The lowest BCUT2D eigenvalue weighted by molar-refractivity contribution is 0.673. The highest BCUT2D eigenvalue weighted by atomic mass is 16.3. The van der Waals surface area contributed by atoms with Gasteiger partial charge in [-0.1, -0.05) is 158 Å². The normalized spacial score (nSPS) is 11.6. The van der Waals surface area contributed by atoms with Crippen molar-refractivity contribution in [2.45, 2.75) is 0 Å². The molecule has 0 fully saturated rings. The molecule has 0 saturated carbocycles. The molecule has 0 aliphatic carbocycles. The Morgan fingerprint density at radius 3 is 1.54 bits per heavy atom. The Labute approximate surface area is 322 Å². The molecule has 11 aromatic rings. The van der Waals surface area contributed by atoms with E-state index in [1.165, 1.54) is 11.1 Å². The third-order valence-corrected chi connectivity index (χ3v) is 10.7. The number of hydrogen-bond acceptors (Lipinski definition) is 4. The highest BCUT2D eigenvalue weighted by Gasteiger charge is 2.22. The van der Waals surface area contributed by atoms with E-state index in [1.807, 2.05) is 54.6 Å². The summed E-state index contributed by atoms with van der Waals surface area (Å²) in [7, 11) is 0. The second kappa shape index (κ2) is 13.0. The smallest absolute Gasteiger partial charge is 0.166 e. The molecule has 0 aliphatic heterocycles. The minimum atomic E-state index is 0.598. The highest BCUT2D eigenvalue weighted by molar-refractivity contribution is 6.24. The Bertz CT molecular complexity index is 3220. The predicted molar refractivity (Wildman–Crippen MR) is 229 cm³/mol. The monoisotopic (exact) mass is 716 g/mol. The molecule has 0 aliphatic rings. The zero-order valence-electron chi connectivity index (χ0n) is 30.2. The second-order valence-electron chi connectivity index (χ2n) is 14.0. The lowest BCUT2D eigenvalue weighted by Crippen LogP contribution is -2.03. The maximum Gasteiger partial charge on any atom is 0.166 e. The van der Waals surface area contributed by atoms with Crippen LogP contribution < -0.4 is 0 Å². The van der Waals surface area contributed by atoms with Crippen LogP contribution in [0.4, 0.5) is 0 Å². The quantitative estimate of drug-likeness (QED) is 0.172. The standard InChI is InChI=1S/C51H32N4O/c1-3-13-33(14-4-1)34-23-25-35(26-24-34)36-27-29-38(30-28-36)50-52-49(37-15-5-2-6-16-37)53-51(54-50)42-19-8-11-21-44(42)55-43-20-10-7-18-41(43)47-45(55)32-31-40-39-17-9-12-22-46(39)56-48(40)47/h1-32H.